The summed E-state index contributed by atoms with van der Waals surface area (Å²) >= 11 is 0. The molecule has 0 atom stereocenters. The fourth-order valence-corrected chi connectivity index (χ4v) is 3.28. The minimum atomic E-state index is -0.575. The Kier molecular flexibility index (Phi) is 3.98. The summed E-state index contributed by atoms with van der Waals surface area (Å²) in [6.07, 6.45) is 0. The van der Waals surface area contributed by atoms with Crippen LogP contribution in [0, 0.1) is 28.4 Å². The van der Waals surface area contributed by atoms with Crippen LogP contribution < -0.4 is 5.56 Å². The van der Waals surface area contributed by atoms with Gasteiger partial charge in [-0.15, -0.1) is 0 Å². The Morgan fingerprint density at radius 2 is 1.93 bits per heavy atom. The molecule has 0 spiro atoms. The molecule has 136 valence electrons. The first-order chi connectivity index (χ1) is 13.5. The highest BCUT2D eigenvalue weighted by Crippen LogP contribution is 2.34. The molecule has 28 heavy (non-hydrogen) atoms. The maximum absolute atomic E-state index is 12.6. The second-order valence-corrected chi connectivity index (χ2v) is 6.18. The lowest BCUT2D eigenvalue weighted by Crippen LogP contribution is -2.13. The summed E-state index contributed by atoms with van der Waals surface area (Å²) in [6, 6.07) is 17.1. The van der Waals surface area contributed by atoms with Gasteiger partial charge in [0.25, 0.3) is 11.2 Å². The number of nitro groups is 1. The van der Waals surface area contributed by atoms with Crippen molar-refractivity contribution in [1.82, 2.24) is 14.8 Å². The number of para-hydroxylation sites is 1. The molecular formula is C20H13N5O3. The molecule has 8 heteroatoms. The molecule has 0 aliphatic heterocycles. The fraction of sp³-hybridized carbons (Fsp3) is 0.0500. The van der Waals surface area contributed by atoms with Gasteiger partial charge in [-0.3, -0.25) is 14.9 Å². The number of fused-ring (bicyclic) bond motifs is 1. The number of aromatic amines is 1. The lowest BCUT2D eigenvalue weighted by atomic mass is 9.97. The zero-order valence-electron chi connectivity index (χ0n) is 14.7. The smallest absolute Gasteiger partial charge is 0.270 e. The summed E-state index contributed by atoms with van der Waals surface area (Å²) in [6.45, 7) is 1.77. The van der Waals surface area contributed by atoms with Gasteiger partial charge in [-0.1, -0.05) is 30.3 Å². The highest BCUT2D eigenvalue weighted by molar-refractivity contribution is 5.98. The van der Waals surface area contributed by atoms with E-state index in [4.69, 9.17) is 0 Å². The maximum atomic E-state index is 12.6. The first-order valence-electron chi connectivity index (χ1n) is 8.37. The van der Waals surface area contributed by atoms with E-state index >= 15 is 0 Å². The van der Waals surface area contributed by atoms with E-state index in [9.17, 15) is 20.2 Å². The van der Waals surface area contributed by atoms with E-state index < -0.39 is 10.5 Å². The van der Waals surface area contributed by atoms with E-state index in [2.05, 4.69) is 10.1 Å². The van der Waals surface area contributed by atoms with Crippen LogP contribution in [0.4, 0.5) is 5.69 Å². The van der Waals surface area contributed by atoms with Crippen molar-refractivity contribution in [1.29, 1.82) is 5.26 Å². The predicted octanol–water partition coefficient (Wildman–Crippen LogP) is 3.47. The van der Waals surface area contributed by atoms with Crippen molar-refractivity contribution in [2.24, 2.45) is 0 Å². The number of pyridine rings is 1. The highest BCUT2D eigenvalue weighted by Gasteiger charge is 2.22. The summed E-state index contributed by atoms with van der Waals surface area (Å²) in [5.74, 6) is 0. The Morgan fingerprint density at radius 1 is 1.18 bits per heavy atom. The van der Waals surface area contributed by atoms with Crippen LogP contribution in [0.5, 0.6) is 0 Å². The van der Waals surface area contributed by atoms with E-state index in [1.807, 2.05) is 36.4 Å². The van der Waals surface area contributed by atoms with Crippen LogP contribution in [0.1, 0.15) is 11.3 Å². The third-order valence-electron chi connectivity index (χ3n) is 4.48. The first kappa shape index (κ1) is 17.2. The van der Waals surface area contributed by atoms with Crippen LogP contribution in [0.25, 0.3) is 27.8 Å². The van der Waals surface area contributed by atoms with Gasteiger partial charge in [-0.2, -0.15) is 10.4 Å². The molecule has 8 nitrogen and oxygen atoms in total. The molecule has 1 N–H and O–H groups in total. The number of aryl methyl sites for hydroxylation is 1. The number of benzene rings is 2. The lowest BCUT2D eigenvalue weighted by molar-refractivity contribution is -0.384. The van der Waals surface area contributed by atoms with Gasteiger partial charge in [-0.25, -0.2) is 4.68 Å². The number of nitrogens with zero attached hydrogens (tertiary/aromatic N) is 4. The van der Waals surface area contributed by atoms with Gasteiger partial charge in [0.15, 0.2) is 0 Å². The molecule has 0 saturated carbocycles. The molecule has 2 aromatic heterocycles. The van der Waals surface area contributed by atoms with E-state index in [1.54, 1.807) is 17.7 Å². The topological polar surface area (TPSA) is 118 Å². The number of hydrogen-bond donors (Lipinski definition) is 1. The summed E-state index contributed by atoms with van der Waals surface area (Å²) in [7, 11) is 0. The molecule has 0 fully saturated rings. The largest absolute Gasteiger partial charge is 0.305 e. The number of aromatic nitrogens is 3. The first-order valence-corrected chi connectivity index (χ1v) is 8.37. The number of non-ortho nitro benzene ring substituents is 1. The SMILES string of the molecule is Cc1nn(-c2ccccc2)c2[nH]c(=O)c(C#N)c(-c3cccc([N+](=O)[O-])c3)c12. The Hall–Kier alpha value is -4.25. The average Bonchev–Trinajstić information content (AvgIpc) is 3.03. The zero-order chi connectivity index (χ0) is 19.8. The predicted molar refractivity (Wildman–Crippen MR) is 103 cm³/mol. The van der Waals surface area contributed by atoms with Crippen molar-refractivity contribution in [3.05, 3.63) is 86.3 Å². The fourth-order valence-electron chi connectivity index (χ4n) is 3.28. The van der Waals surface area contributed by atoms with Crippen LogP contribution in [0.15, 0.2) is 59.4 Å². The molecule has 0 aliphatic rings. The van der Waals surface area contributed by atoms with Gasteiger partial charge in [0.05, 0.1) is 16.3 Å². The van der Waals surface area contributed by atoms with E-state index in [0.717, 1.165) is 5.69 Å². The quantitative estimate of drug-likeness (QED) is 0.437. The molecule has 0 amide bonds. The molecule has 0 radical (unpaired) electrons. The van der Waals surface area contributed by atoms with Gasteiger partial charge < -0.3 is 4.98 Å². The van der Waals surface area contributed by atoms with Crippen LogP contribution in [0.2, 0.25) is 0 Å². The van der Waals surface area contributed by atoms with Gasteiger partial charge in [0.1, 0.15) is 17.3 Å². The Balaban J connectivity index is 2.13. The van der Waals surface area contributed by atoms with Crippen molar-refractivity contribution < 1.29 is 4.92 Å². The van der Waals surface area contributed by atoms with Crippen LogP contribution in [0.3, 0.4) is 0 Å². The van der Waals surface area contributed by atoms with Crippen molar-refractivity contribution in [3.8, 4) is 22.9 Å². The third kappa shape index (κ3) is 2.62. The molecule has 2 aromatic carbocycles. The van der Waals surface area contributed by atoms with Crippen molar-refractivity contribution in [3.63, 3.8) is 0 Å². The molecule has 0 aliphatic carbocycles. The number of hydrogen-bond acceptors (Lipinski definition) is 5. The van der Waals surface area contributed by atoms with Crippen molar-refractivity contribution in [2.75, 3.05) is 0 Å². The molecule has 4 rings (SSSR count). The normalized spacial score (nSPS) is 10.7. The monoisotopic (exact) mass is 371 g/mol. The van der Waals surface area contributed by atoms with E-state index in [-0.39, 0.29) is 11.3 Å². The molecule has 0 bridgehead atoms. The molecule has 0 unspecified atom stereocenters. The van der Waals surface area contributed by atoms with E-state index in [1.165, 1.54) is 18.2 Å². The summed E-state index contributed by atoms with van der Waals surface area (Å²) in [4.78, 5) is 26.0. The summed E-state index contributed by atoms with van der Waals surface area (Å²) in [5.41, 5.74) is 1.70. The third-order valence-corrected chi connectivity index (χ3v) is 4.48. The number of rotatable bonds is 3. The minimum absolute atomic E-state index is 0.108. The van der Waals surface area contributed by atoms with Crippen LogP contribution in [-0.2, 0) is 0 Å². The number of nitrogens with one attached hydrogen (secondary N) is 1. The van der Waals surface area contributed by atoms with Gasteiger partial charge in [-0.05, 0) is 24.6 Å². The Bertz CT molecular complexity index is 1330. The second-order valence-electron chi connectivity index (χ2n) is 6.18. The van der Waals surface area contributed by atoms with E-state index in [0.29, 0.717) is 27.9 Å². The summed E-state index contributed by atoms with van der Waals surface area (Å²) < 4.78 is 1.59. The number of nitriles is 1. The average molecular weight is 371 g/mol. The summed E-state index contributed by atoms with van der Waals surface area (Å²) in [5, 5.41) is 25.9. The molecule has 0 saturated heterocycles. The Labute approximate surface area is 158 Å². The molecule has 4 aromatic rings. The van der Waals surface area contributed by atoms with Crippen molar-refractivity contribution >= 4 is 16.7 Å². The van der Waals surface area contributed by atoms with Gasteiger partial charge in [0.2, 0.25) is 0 Å². The molecule has 2 heterocycles. The number of nitro benzene ring substituents is 1. The standard InChI is InChI=1S/C20H13N5O3/c1-12-17-18(13-6-5-9-15(10-13)25(27)28)16(11-21)20(26)22-19(17)24(23-12)14-7-3-2-4-8-14/h2-10H,1H3,(H,22,26). The number of H-pyrrole nitrogens is 1. The Morgan fingerprint density at radius 3 is 2.61 bits per heavy atom. The van der Waals surface area contributed by atoms with Crippen LogP contribution in [-0.4, -0.2) is 19.7 Å². The van der Waals surface area contributed by atoms with Gasteiger partial charge >= 0.3 is 0 Å². The minimum Gasteiger partial charge on any atom is -0.305 e. The zero-order valence-corrected chi connectivity index (χ0v) is 14.7. The second kappa shape index (κ2) is 6.48. The van der Waals surface area contributed by atoms with Crippen LogP contribution >= 0.6 is 0 Å². The maximum Gasteiger partial charge on any atom is 0.270 e. The highest BCUT2D eigenvalue weighted by atomic mass is 16.6. The molecular weight excluding hydrogens is 358 g/mol. The van der Waals surface area contributed by atoms with Crippen molar-refractivity contribution in [2.45, 2.75) is 6.92 Å². The lowest BCUT2D eigenvalue weighted by Gasteiger charge is -2.08. The van der Waals surface area contributed by atoms with Gasteiger partial charge in [0, 0.05) is 23.1 Å².